The van der Waals surface area contributed by atoms with Crippen molar-refractivity contribution < 1.29 is 9.90 Å². The lowest BCUT2D eigenvalue weighted by Gasteiger charge is -2.25. The SMILES string of the molecule is CNC1(C(=O)O)CCC(C)(C)C1. The minimum Gasteiger partial charge on any atom is -0.480 e. The molecular formula is C9H17NO2. The van der Waals surface area contributed by atoms with Crippen molar-refractivity contribution >= 4 is 5.97 Å². The molecule has 0 amide bonds. The maximum atomic E-state index is 11.0. The summed E-state index contributed by atoms with van der Waals surface area (Å²) in [6, 6.07) is 0. The minimum absolute atomic E-state index is 0.168. The summed E-state index contributed by atoms with van der Waals surface area (Å²) in [5.41, 5.74) is -0.495. The summed E-state index contributed by atoms with van der Waals surface area (Å²) in [7, 11) is 1.73. The number of hydrogen-bond acceptors (Lipinski definition) is 2. The van der Waals surface area contributed by atoms with Gasteiger partial charge in [0.05, 0.1) is 0 Å². The number of aliphatic carboxylic acids is 1. The van der Waals surface area contributed by atoms with E-state index in [0.29, 0.717) is 0 Å². The quantitative estimate of drug-likeness (QED) is 0.657. The van der Waals surface area contributed by atoms with Gasteiger partial charge >= 0.3 is 5.97 Å². The number of nitrogens with one attached hydrogen (secondary N) is 1. The monoisotopic (exact) mass is 171 g/mol. The molecule has 2 N–H and O–H groups in total. The average molecular weight is 171 g/mol. The molecule has 0 bridgehead atoms. The number of likely N-dealkylation sites (N-methyl/N-ethyl adjacent to an activating group) is 1. The Hall–Kier alpha value is -0.570. The molecule has 12 heavy (non-hydrogen) atoms. The molecule has 70 valence electrons. The lowest BCUT2D eigenvalue weighted by molar-refractivity contribution is -0.144. The number of carboxylic acids is 1. The number of rotatable bonds is 2. The smallest absolute Gasteiger partial charge is 0.323 e. The predicted octanol–water partition coefficient (Wildman–Crippen LogP) is 1.24. The van der Waals surface area contributed by atoms with Gasteiger partial charge in [-0.1, -0.05) is 13.8 Å². The summed E-state index contributed by atoms with van der Waals surface area (Å²) >= 11 is 0. The Balaban J connectivity index is 2.80. The van der Waals surface area contributed by atoms with Crippen LogP contribution < -0.4 is 5.32 Å². The molecule has 1 saturated carbocycles. The van der Waals surface area contributed by atoms with E-state index in [0.717, 1.165) is 19.3 Å². The fraction of sp³-hybridized carbons (Fsp3) is 0.889. The van der Waals surface area contributed by atoms with Gasteiger partial charge in [-0.15, -0.1) is 0 Å². The number of carbonyl (C=O) groups is 1. The molecule has 3 heteroatoms. The molecule has 0 aliphatic heterocycles. The van der Waals surface area contributed by atoms with Crippen LogP contribution in [-0.4, -0.2) is 23.7 Å². The summed E-state index contributed by atoms with van der Waals surface area (Å²) < 4.78 is 0. The Bertz CT molecular complexity index is 201. The Kier molecular flexibility index (Phi) is 2.17. The van der Waals surface area contributed by atoms with Crippen molar-refractivity contribution in [1.29, 1.82) is 0 Å². The summed E-state index contributed by atoms with van der Waals surface area (Å²) in [6.07, 6.45) is 2.46. The average Bonchev–Trinajstić information content (AvgIpc) is 2.27. The topological polar surface area (TPSA) is 49.3 Å². The van der Waals surface area contributed by atoms with Crippen molar-refractivity contribution in [2.45, 2.75) is 38.6 Å². The van der Waals surface area contributed by atoms with Crippen LogP contribution in [0.3, 0.4) is 0 Å². The van der Waals surface area contributed by atoms with Crippen LogP contribution in [0.25, 0.3) is 0 Å². The summed E-state index contributed by atoms with van der Waals surface area (Å²) in [5, 5.41) is 12.0. The van der Waals surface area contributed by atoms with E-state index in [2.05, 4.69) is 19.2 Å². The third-order valence-electron chi connectivity index (χ3n) is 2.90. The molecule has 1 unspecified atom stereocenters. The standard InChI is InChI=1S/C9H17NO2/c1-8(2)4-5-9(6-8,10-3)7(11)12/h10H,4-6H2,1-3H3,(H,11,12). The number of carboxylic acid groups (broad SMARTS) is 1. The first kappa shape index (κ1) is 9.52. The van der Waals surface area contributed by atoms with Gasteiger partial charge in [-0.25, -0.2) is 0 Å². The van der Waals surface area contributed by atoms with E-state index in [1.54, 1.807) is 7.05 Å². The van der Waals surface area contributed by atoms with E-state index in [1.165, 1.54) is 0 Å². The molecule has 0 heterocycles. The largest absolute Gasteiger partial charge is 0.480 e. The van der Waals surface area contributed by atoms with Crippen molar-refractivity contribution in [3.8, 4) is 0 Å². The van der Waals surface area contributed by atoms with E-state index in [-0.39, 0.29) is 5.41 Å². The molecule has 0 aromatic rings. The lowest BCUT2D eigenvalue weighted by atomic mass is 9.88. The van der Waals surface area contributed by atoms with Crippen molar-refractivity contribution in [3.63, 3.8) is 0 Å². The molecular weight excluding hydrogens is 154 g/mol. The van der Waals surface area contributed by atoms with Crippen LogP contribution in [0.5, 0.6) is 0 Å². The van der Waals surface area contributed by atoms with Crippen LogP contribution in [-0.2, 0) is 4.79 Å². The first-order chi connectivity index (χ1) is 5.42. The van der Waals surface area contributed by atoms with Crippen LogP contribution in [0.15, 0.2) is 0 Å². The maximum absolute atomic E-state index is 11.0. The van der Waals surface area contributed by atoms with E-state index in [9.17, 15) is 4.79 Å². The first-order valence-corrected chi connectivity index (χ1v) is 4.34. The highest BCUT2D eigenvalue weighted by molar-refractivity contribution is 5.79. The van der Waals surface area contributed by atoms with Crippen LogP contribution in [0.1, 0.15) is 33.1 Å². The third kappa shape index (κ3) is 1.46. The predicted molar refractivity (Wildman–Crippen MR) is 47.1 cm³/mol. The zero-order chi connectivity index (χ0) is 9.41. The fourth-order valence-electron chi connectivity index (χ4n) is 2.05. The molecule has 0 aromatic heterocycles. The Morgan fingerprint density at radius 3 is 2.17 bits per heavy atom. The van der Waals surface area contributed by atoms with Gasteiger partial charge in [-0.3, -0.25) is 4.79 Å². The zero-order valence-electron chi connectivity index (χ0n) is 7.98. The third-order valence-corrected chi connectivity index (χ3v) is 2.90. The molecule has 3 nitrogen and oxygen atoms in total. The van der Waals surface area contributed by atoms with Crippen LogP contribution in [0.2, 0.25) is 0 Å². The summed E-state index contributed by atoms with van der Waals surface area (Å²) in [5.74, 6) is -0.712. The fourth-order valence-corrected chi connectivity index (χ4v) is 2.05. The highest BCUT2D eigenvalue weighted by atomic mass is 16.4. The van der Waals surface area contributed by atoms with Crippen LogP contribution in [0.4, 0.5) is 0 Å². The van der Waals surface area contributed by atoms with Gasteiger partial charge in [0.25, 0.3) is 0 Å². The van der Waals surface area contributed by atoms with Gasteiger partial charge in [-0.2, -0.15) is 0 Å². The second kappa shape index (κ2) is 2.73. The van der Waals surface area contributed by atoms with Gasteiger partial charge in [0.2, 0.25) is 0 Å². The molecule has 1 atom stereocenters. The molecule has 1 fully saturated rings. The van der Waals surface area contributed by atoms with E-state index in [1.807, 2.05) is 0 Å². The normalized spacial score (nSPS) is 33.6. The van der Waals surface area contributed by atoms with Gasteiger partial charge in [0.1, 0.15) is 5.54 Å². The molecule has 1 aliphatic rings. The molecule has 0 spiro atoms. The van der Waals surface area contributed by atoms with Gasteiger partial charge in [0.15, 0.2) is 0 Å². The van der Waals surface area contributed by atoms with Gasteiger partial charge < -0.3 is 10.4 Å². The molecule has 1 aliphatic carbocycles. The highest BCUT2D eigenvalue weighted by Gasteiger charge is 2.47. The van der Waals surface area contributed by atoms with Crippen molar-refractivity contribution in [3.05, 3.63) is 0 Å². The van der Waals surface area contributed by atoms with E-state index >= 15 is 0 Å². The first-order valence-electron chi connectivity index (χ1n) is 4.34. The second-order valence-corrected chi connectivity index (χ2v) is 4.48. The van der Waals surface area contributed by atoms with Crippen LogP contribution in [0, 0.1) is 5.41 Å². The van der Waals surface area contributed by atoms with Crippen molar-refractivity contribution in [1.82, 2.24) is 5.32 Å². The Morgan fingerprint density at radius 2 is 2.00 bits per heavy atom. The molecule has 1 rings (SSSR count). The molecule has 0 radical (unpaired) electrons. The van der Waals surface area contributed by atoms with Gasteiger partial charge in [-0.05, 0) is 31.7 Å². The summed E-state index contributed by atoms with van der Waals surface area (Å²) in [4.78, 5) is 11.0. The molecule has 0 aromatic carbocycles. The van der Waals surface area contributed by atoms with Crippen molar-refractivity contribution in [2.75, 3.05) is 7.05 Å². The maximum Gasteiger partial charge on any atom is 0.323 e. The lowest BCUT2D eigenvalue weighted by Crippen LogP contribution is -2.48. The summed E-state index contributed by atoms with van der Waals surface area (Å²) in [6.45, 7) is 4.24. The minimum atomic E-state index is -0.712. The van der Waals surface area contributed by atoms with Crippen LogP contribution >= 0.6 is 0 Å². The molecule has 0 saturated heterocycles. The number of hydrogen-bond donors (Lipinski definition) is 2. The Morgan fingerprint density at radius 1 is 1.42 bits per heavy atom. The Labute approximate surface area is 73.2 Å². The second-order valence-electron chi connectivity index (χ2n) is 4.48. The van der Waals surface area contributed by atoms with E-state index < -0.39 is 11.5 Å². The van der Waals surface area contributed by atoms with E-state index in [4.69, 9.17) is 5.11 Å². The van der Waals surface area contributed by atoms with Crippen molar-refractivity contribution in [2.24, 2.45) is 5.41 Å². The van der Waals surface area contributed by atoms with Gasteiger partial charge in [0, 0.05) is 0 Å². The zero-order valence-corrected chi connectivity index (χ0v) is 7.98. The highest BCUT2D eigenvalue weighted by Crippen LogP contribution is 2.43.